The maximum absolute atomic E-state index is 12.4. The molecule has 120 valence electrons. The van der Waals surface area contributed by atoms with Crippen LogP contribution >= 0.6 is 0 Å². The van der Waals surface area contributed by atoms with Gasteiger partial charge in [-0.15, -0.1) is 0 Å². The summed E-state index contributed by atoms with van der Waals surface area (Å²) in [5, 5.41) is 9.65. The van der Waals surface area contributed by atoms with E-state index < -0.39 is 5.60 Å². The maximum atomic E-state index is 12.4. The Hall–Kier alpha value is -1.91. The predicted molar refractivity (Wildman–Crippen MR) is 85.2 cm³/mol. The highest BCUT2D eigenvalue weighted by atomic mass is 16.6. The van der Waals surface area contributed by atoms with E-state index in [1.165, 1.54) is 0 Å². The highest BCUT2D eigenvalue weighted by Crippen LogP contribution is 2.34. The molecule has 0 radical (unpaired) electrons. The average molecular weight is 304 g/mol. The standard InChI is InChI=1S/C17H24N2O3/c1-17(2,3)22-16(21)19-13-7-8-14(19)11-18(10-13)12-5-4-6-15(20)9-12/h4-6,9,13-14,20H,7-8,10-11H2,1-3H3. The zero-order valence-corrected chi connectivity index (χ0v) is 13.5. The van der Waals surface area contributed by atoms with Gasteiger partial charge < -0.3 is 14.7 Å². The predicted octanol–water partition coefficient (Wildman–Crippen LogP) is 2.98. The number of amides is 1. The van der Waals surface area contributed by atoms with Gasteiger partial charge >= 0.3 is 6.09 Å². The van der Waals surface area contributed by atoms with Crippen molar-refractivity contribution in [2.75, 3.05) is 18.0 Å². The number of nitrogens with zero attached hydrogens (tertiary/aromatic N) is 2. The number of phenolic OH excluding ortho intramolecular Hbond substituents is 1. The molecule has 2 fully saturated rings. The topological polar surface area (TPSA) is 53.0 Å². The Bertz CT molecular complexity index is 553. The van der Waals surface area contributed by atoms with Crippen LogP contribution in [0.2, 0.25) is 0 Å². The molecule has 2 atom stereocenters. The molecule has 2 aliphatic heterocycles. The third kappa shape index (κ3) is 2.98. The molecule has 1 amide bonds. The van der Waals surface area contributed by atoms with Crippen LogP contribution in [-0.4, -0.2) is 46.9 Å². The average Bonchev–Trinajstić information content (AvgIpc) is 2.68. The van der Waals surface area contributed by atoms with Gasteiger partial charge in [-0.25, -0.2) is 4.79 Å². The lowest BCUT2D eigenvalue weighted by Gasteiger charge is -2.42. The normalized spacial score (nSPS) is 24.5. The molecule has 5 heteroatoms. The second-order valence-corrected chi connectivity index (χ2v) is 7.20. The molecule has 1 aromatic carbocycles. The molecule has 2 heterocycles. The van der Waals surface area contributed by atoms with E-state index in [0.717, 1.165) is 31.6 Å². The van der Waals surface area contributed by atoms with Crippen LogP contribution in [0.3, 0.4) is 0 Å². The summed E-state index contributed by atoms with van der Waals surface area (Å²) in [6.07, 6.45) is 1.83. The van der Waals surface area contributed by atoms with Gasteiger partial charge in [-0.2, -0.15) is 0 Å². The molecule has 3 rings (SSSR count). The molecule has 0 saturated carbocycles. The van der Waals surface area contributed by atoms with Crippen molar-refractivity contribution in [3.05, 3.63) is 24.3 Å². The zero-order chi connectivity index (χ0) is 15.9. The third-order valence-electron chi connectivity index (χ3n) is 4.28. The molecule has 2 bridgehead atoms. The van der Waals surface area contributed by atoms with Gasteiger partial charge in [0.25, 0.3) is 0 Å². The van der Waals surface area contributed by atoms with Crippen LogP contribution in [0.5, 0.6) is 5.75 Å². The van der Waals surface area contributed by atoms with E-state index in [9.17, 15) is 9.90 Å². The van der Waals surface area contributed by atoms with Gasteiger partial charge in [-0.3, -0.25) is 4.90 Å². The number of piperazine rings is 1. The Morgan fingerprint density at radius 2 is 1.86 bits per heavy atom. The number of rotatable bonds is 1. The minimum atomic E-state index is -0.459. The number of benzene rings is 1. The lowest BCUT2D eigenvalue weighted by atomic mass is 10.1. The maximum Gasteiger partial charge on any atom is 0.410 e. The number of phenols is 1. The number of carbonyl (C=O) groups excluding carboxylic acids is 1. The number of hydrogen-bond donors (Lipinski definition) is 1. The third-order valence-corrected chi connectivity index (χ3v) is 4.28. The molecule has 1 aromatic rings. The van der Waals surface area contributed by atoms with Crippen molar-refractivity contribution in [3.8, 4) is 5.75 Å². The van der Waals surface area contributed by atoms with Crippen molar-refractivity contribution in [3.63, 3.8) is 0 Å². The van der Waals surface area contributed by atoms with Gasteiger partial charge in [0.15, 0.2) is 0 Å². The number of aromatic hydroxyl groups is 1. The first-order valence-electron chi connectivity index (χ1n) is 7.89. The van der Waals surface area contributed by atoms with E-state index in [-0.39, 0.29) is 23.9 Å². The molecule has 2 unspecified atom stereocenters. The molecule has 0 aliphatic carbocycles. The van der Waals surface area contributed by atoms with Crippen LogP contribution < -0.4 is 4.90 Å². The lowest BCUT2D eigenvalue weighted by molar-refractivity contribution is 0.0123. The van der Waals surface area contributed by atoms with Crippen molar-refractivity contribution in [2.45, 2.75) is 51.3 Å². The van der Waals surface area contributed by atoms with Gasteiger partial charge in [-0.1, -0.05) is 6.07 Å². The lowest BCUT2D eigenvalue weighted by Crippen LogP contribution is -2.56. The minimum absolute atomic E-state index is 0.191. The van der Waals surface area contributed by atoms with Crippen LogP contribution in [0, 0.1) is 0 Å². The molecule has 22 heavy (non-hydrogen) atoms. The Balaban J connectivity index is 1.73. The largest absolute Gasteiger partial charge is 0.508 e. The van der Waals surface area contributed by atoms with E-state index in [1.54, 1.807) is 12.1 Å². The number of hydrogen-bond acceptors (Lipinski definition) is 4. The fraction of sp³-hybridized carbons (Fsp3) is 0.588. The first-order valence-corrected chi connectivity index (χ1v) is 7.89. The molecule has 5 nitrogen and oxygen atoms in total. The molecular formula is C17H24N2O3. The molecule has 2 aliphatic rings. The van der Waals surface area contributed by atoms with Gasteiger partial charge in [0.1, 0.15) is 11.4 Å². The number of fused-ring (bicyclic) bond motifs is 2. The van der Waals surface area contributed by atoms with Crippen molar-refractivity contribution >= 4 is 11.8 Å². The van der Waals surface area contributed by atoms with Gasteiger partial charge in [0.05, 0.1) is 12.1 Å². The summed E-state index contributed by atoms with van der Waals surface area (Å²) in [5.41, 5.74) is 0.555. The van der Waals surface area contributed by atoms with E-state index in [1.807, 2.05) is 37.8 Å². The minimum Gasteiger partial charge on any atom is -0.508 e. The highest BCUT2D eigenvalue weighted by molar-refractivity contribution is 5.70. The smallest absolute Gasteiger partial charge is 0.410 e. The zero-order valence-electron chi connectivity index (χ0n) is 13.5. The summed E-state index contributed by atoms with van der Waals surface area (Å²) in [6, 6.07) is 7.69. The Labute approximate surface area is 131 Å². The van der Waals surface area contributed by atoms with Crippen LogP contribution in [0.4, 0.5) is 10.5 Å². The van der Waals surface area contributed by atoms with E-state index in [4.69, 9.17) is 4.74 Å². The van der Waals surface area contributed by atoms with Gasteiger partial charge in [-0.05, 0) is 45.7 Å². The van der Waals surface area contributed by atoms with Crippen LogP contribution in [0.25, 0.3) is 0 Å². The van der Waals surface area contributed by atoms with Crippen molar-refractivity contribution < 1.29 is 14.6 Å². The summed E-state index contributed by atoms with van der Waals surface area (Å²) in [6.45, 7) is 7.28. The summed E-state index contributed by atoms with van der Waals surface area (Å²) < 4.78 is 5.55. The number of anilines is 1. The molecule has 1 N–H and O–H groups in total. The number of carbonyl (C=O) groups is 1. The van der Waals surface area contributed by atoms with Crippen LogP contribution in [0.15, 0.2) is 24.3 Å². The number of ether oxygens (including phenoxy) is 1. The molecule has 2 saturated heterocycles. The fourth-order valence-electron chi connectivity index (χ4n) is 3.42. The second kappa shape index (κ2) is 5.38. The fourth-order valence-corrected chi connectivity index (χ4v) is 3.42. The van der Waals surface area contributed by atoms with E-state index >= 15 is 0 Å². The summed E-state index contributed by atoms with van der Waals surface area (Å²) in [7, 11) is 0. The Morgan fingerprint density at radius 1 is 1.23 bits per heavy atom. The summed E-state index contributed by atoms with van der Waals surface area (Å²) in [4.78, 5) is 16.6. The highest BCUT2D eigenvalue weighted by Gasteiger charge is 2.44. The Kier molecular flexibility index (Phi) is 3.67. The monoisotopic (exact) mass is 304 g/mol. The first-order chi connectivity index (χ1) is 10.3. The molecular weight excluding hydrogens is 280 g/mol. The van der Waals surface area contributed by atoms with E-state index in [0.29, 0.717) is 0 Å². The van der Waals surface area contributed by atoms with Gasteiger partial charge in [0.2, 0.25) is 0 Å². The second-order valence-electron chi connectivity index (χ2n) is 7.20. The molecule has 0 spiro atoms. The van der Waals surface area contributed by atoms with Crippen LogP contribution in [-0.2, 0) is 4.74 Å². The van der Waals surface area contributed by atoms with Gasteiger partial charge in [0, 0.05) is 24.8 Å². The van der Waals surface area contributed by atoms with Crippen molar-refractivity contribution in [2.24, 2.45) is 0 Å². The van der Waals surface area contributed by atoms with E-state index in [2.05, 4.69) is 4.90 Å². The van der Waals surface area contributed by atoms with Crippen molar-refractivity contribution in [1.82, 2.24) is 4.90 Å². The van der Waals surface area contributed by atoms with Crippen molar-refractivity contribution in [1.29, 1.82) is 0 Å². The summed E-state index contributed by atoms with van der Waals surface area (Å²) >= 11 is 0. The molecule has 0 aromatic heterocycles. The summed E-state index contributed by atoms with van der Waals surface area (Å²) in [5.74, 6) is 0.277. The SMILES string of the molecule is CC(C)(C)OC(=O)N1C2CCC1CN(c1cccc(O)c1)C2. The quantitative estimate of drug-likeness (QED) is 0.866. The Morgan fingerprint density at radius 3 is 2.41 bits per heavy atom. The van der Waals surface area contributed by atoms with Crippen LogP contribution in [0.1, 0.15) is 33.6 Å². The first kappa shape index (κ1) is 15.0.